The first kappa shape index (κ1) is 18.0. The zero-order valence-electron chi connectivity index (χ0n) is 14.3. The quantitative estimate of drug-likeness (QED) is 0.690. The molecule has 6 nitrogen and oxygen atoms in total. The maximum absolute atomic E-state index is 13.0. The Morgan fingerprint density at radius 2 is 2.19 bits per heavy atom. The summed E-state index contributed by atoms with van der Waals surface area (Å²) in [5.41, 5.74) is 1.49. The summed E-state index contributed by atoms with van der Waals surface area (Å²) in [6, 6.07) is 7.04. The van der Waals surface area contributed by atoms with Crippen molar-refractivity contribution in [2.24, 2.45) is 0 Å². The summed E-state index contributed by atoms with van der Waals surface area (Å²) in [6.07, 6.45) is 1.60. The summed E-state index contributed by atoms with van der Waals surface area (Å²) in [5.74, 6) is 0.0999. The van der Waals surface area contributed by atoms with Crippen molar-refractivity contribution in [2.75, 3.05) is 5.32 Å². The van der Waals surface area contributed by atoms with E-state index in [4.69, 9.17) is 20.8 Å². The van der Waals surface area contributed by atoms with Gasteiger partial charge in [-0.2, -0.15) is 5.10 Å². The van der Waals surface area contributed by atoms with E-state index in [2.05, 4.69) is 10.4 Å². The predicted octanol–water partition coefficient (Wildman–Crippen LogP) is 4.43. The van der Waals surface area contributed by atoms with Gasteiger partial charge in [-0.3, -0.25) is 9.48 Å². The number of benzene rings is 1. The van der Waals surface area contributed by atoms with Crippen LogP contribution in [0.3, 0.4) is 0 Å². The molecule has 2 heterocycles. The molecule has 136 valence electrons. The van der Waals surface area contributed by atoms with Gasteiger partial charge < -0.3 is 14.5 Å². The van der Waals surface area contributed by atoms with Crippen molar-refractivity contribution in [1.29, 1.82) is 0 Å². The Kier molecular flexibility index (Phi) is 5.27. The minimum Gasteiger partial charge on any atom is -0.484 e. The fraction of sp³-hybridized carbons (Fsp3) is 0.222. The largest absolute Gasteiger partial charge is 0.484 e. The number of halogens is 2. The number of aromatic nitrogens is 2. The molecule has 0 saturated carbocycles. The molecule has 0 aliphatic heterocycles. The summed E-state index contributed by atoms with van der Waals surface area (Å²) in [6.45, 7) is 4.62. The van der Waals surface area contributed by atoms with Crippen molar-refractivity contribution >= 4 is 23.2 Å². The van der Waals surface area contributed by atoms with Crippen molar-refractivity contribution in [2.45, 2.75) is 27.0 Å². The molecule has 0 unspecified atom stereocenters. The second-order valence-corrected chi connectivity index (χ2v) is 5.95. The fourth-order valence-electron chi connectivity index (χ4n) is 2.39. The van der Waals surface area contributed by atoms with Gasteiger partial charge in [0.2, 0.25) is 0 Å². The number of rotatable bonds is 6. The number of aryl methyl sites for hydroxylation is 1. The summed E-state index contributed by atoms with van der Waals surface area (Å²) < 4.78 is 25.8. The predicted molar refractivity (Wildman–Crippen MR) is 95.0 cm³/mol. The smallest absolute Gasteiger partial charge is 0.291 e. The summed E-state index contributed by atoms with van der Waals surface area (Å²) >= 11 is 5.90. The SMILES string of the molecule is CCn1ncc(NC(=O)c2ccc(COc3ccc(F)cc3Cl)o2)c1C. The van der Waals surface area contributed by atoms with Crippen LogP contribution in [0.15, 0.2) is 40.9 Å². The molecule has 0 radical (unpaired) electrons. The molecular weight excluding hydrogens is 361 g/mol. The second kappa shape index (κ2) is 7.61. The third-order valence-corrected chi connectivity index (χ3v) is 4.10. The number of amides is 1. The highest BCUT2D eigenvalue weighted by atomic mass is 35.5. The Labute approximate surface area is 154 Å². The first-order chi connectivity index (χ1) is 12.5. The van der Waals surface area contributed by atoms with Gasteiger partial charge in [0, 0.05) is 6.54 Å². The van der Waals surface area contributed by atoms with Crippen molar-refractivity contribution in [3.63, 3.8) is 0 Å². The van der Waals surface area contributed by atoms with Crippen LogP contribution in [0.4, 0.5) is 10.1 Å². The average Bonchev–Trinajstić information content (AvgIpc) is 3.22. The average molecular weight is 378 g/mol. The minimum atomic E-state index is -0.444. The minimum absolute atomic E-state index is 0.0609. The van der Waals surface area contributed by atoms with Gasteiger partial charge in [-0.1, -0.05) is 11.6 Å². The molecule has 0 fully saturated rings. The Hall–Kier alpha value is -2.80. The molecule has 0 atom stereocenters. The molecule has 8 heteroatoms. The van der Waals surface area contributed by atoms with Crippen LogP contribution in [0.1, 0.15) is 28.9 Å². The van der Waals surface area contributed by atoms with Crippen LogP contribution in [-0.4, -0.2) is 15.7 Å². The standard InChI is InChI=1S/C18H17ClFN3O3/c1-3-23-11(2)15(9-21-23)22-18(24)17-7-5-13(26-17)10-25-16-6-4-12(20)8-14(16)19/h4-9H,3,10H2,1-2H3,(H,22,24). The van der Waals surface area contributed by atoms with Gasteiger partial charge in [0.1, 0.15) is 23.9 Å². The molecule has 3 aromatic rings. The number of anilines is 1. The lowest BCUT2D eigenvalue weighted by Gasteiger charge is -2.06. The zero-order valence-corrected chi connectivity index (χ0v) is 15.0. The molecular formula is C18H17ClFN3O3. The Morgan fingerprint density at radius 3 is 2.88 bits per heavy atom. The molecule has 1 aromatic carbocycles. The lowest BCUT2D eigenvalue weighted by Crippen LogP contribution is -2.11. The molecule has 0 bridgehead atoms. The van der Waals surface area contributed by atoms with Gasteiger partial charge in [0.15, 0.2) is 5.76 Å². The van der Waals surface area contributed by atoms with E-state index >= 15 is 0 Å². The Balaban J connectivity index is 1.63. The molecule has 0 aliphatic rings. The Bertz CT molecular complexity index is 936. The van der Waals surface area contributed by atoms with Gasteiger partial charge in [-0.15, -0.1) is 0 Å². The molecule has 0 aliphatic carbocycles. The molecule has 26 heavy (non-hydrogen) atoms. The lowest BCUT2D eigenvalue weighted by molar-refractivity contribution is 0.0992. The van der Waals surface area contributed by atoms with Crippen molar-refractivity contribution in [1.82, 2.24) is 9.78 Å². The molecule has 2 aromatic heterocycles. The maximum Gasteiger partial charge on any atom is 0.291 e. The van der Waals surface area contributed by atoms with Crippen LogP contribution < -0.4 is 10.1 Å². The summed E-state index contributed by atoms with van der Waals surface area (Å²) in [4.78, 5) is 12.3. The number of carbonyl (C=O) groups is 1. The normalized spacial score (nSPS) is 10.8. The van der Waals surface area contributed by atoms with Gasteiger partial charge in [-0.05, 0) is 44.2 Å². The first-order valence-electron chi connectivity index (χ1n) is 7.98. The van der Waals surface area contributed by atoms with Crippen LogP contribution in [0.5, 0.6) is 5.75 Å². The number of hydrogen-bond acceptors (Lipinski definition) is 4. The number of nitrogens with one attached hydrogen (secondary N) is 1. The van der Waals surface area contributed by atoms with Crippen LogP contribution >= 0.6 is 11.6 Å². The Morgan fingerprint density at radius 1 is 1.38 bits per heavy atom. The third kappa shape index (κ3) is 3.88. The lowest BCUT2D eigenvalue weighted by atomic mass is 10.3. The van der Waals surface area contributed by atoms with Gasteiger partial charge in [0.25, 0.3) is 5.91 Å². The third-order valence-electron chi connectivity index (χ3n) is 3.80. The molecule has 0 saturated heterocycles. The van der Waals surface area contributed by atoms with E-state index in [1.807, 2.05) is 13.8 Å². The highest BCUT2D eigenvalue weighted by Crippen LogP contribution is 2.26. The maximum atomic E-state index is 13.0. The summed E-state index contributed by atoms with van der Waals surface area (Å²) in [5, 5.41) is 7.10. The van der Waals surface area contributed by atoms with E-state index in [1.54, 1.807) is 23.0 Å². The monoisotopic (exact) mass is 377 g/mol. The molecule has 1 amide bonds. The van der Waals surface area contributed by atoms with Gasteiger partial charge in [-0.25, -0.2) is 4.39 Å². The highest BCUT2D eigenvalue weighted by molar-refractivity contribution is 6.32. The van der Waals surface area contributed by atoms with E-state index in [9.17, 15) is 9.18 Å². The molecule has 1 N–H and O–H groups in total. The second-order valence-electron chi connectivity index (χ2n) is 5.54. The molecule has 0 spiro atoms. The van der Waals surface area contributed by atoms with Crippen LogP contribution in [0.25, 0.3) is 0 Å². The topological polar surface area (TPSA) is 69.3 Å². The number of furan rings is 1. The molecule has 3 rings (SSSR count). The van der Waals surface area contributed by atoms with Gasteiger partial charge in [0.05, 0.1) is 22.6 Å². The van der Waals surface area contributed by atoms with Crippen LogP contribution in [-0.2, 0) is 13.2 Å². The highest BCUT2D eigenvalue weighted by Gasteiger charge is 2.15. The fourth-order valence-corrected chi connectivity index (χ4v) is 2.61. The van der Waals surface area contributed by atoms with E-state index in [0.29, 0.717) is 17.2 Å². The number of nitrogens with zero attached hydrogens (tertiary/aromatic N) is 2. The number of hydrogen-bond donors (Lipinski definition) is 1. The number of carbonyl (C=O) groups excluding carboxylic acids is 1. The van der Waals surface area contributed by atoms with Crippen molar-refractivity contribution in [3.8, 4) is 5.75 Å². The first-order valence-corrected chi connectivity index (χ1v) is 8.36. The van der Waals surface area contributed by atoms with E-state index in [0.717, 1.165) is 18.3 Å². The number of ether oxygens (including phenoxy) is 1. The summed E-state index contributed by atoms with van der Waals surface area (Å²) in [7, 11) is 0. The van der Waals surface area contributed by atoms with Crippen molar-refractivity contribution < 1.29 is 18.3 Å². The van der Waals surface area contributed by atoms with Crippen molar-refractivity contribution in [3.05, 3.63) is 64.6 Å². The zero-order chi connectivity index (χ0) is 18.7. The van der Waals surface area contributed by atoms with E-state index < -0.39 is 5.82 Å². The van der Waals surface area contributed by atoms with E-state index in [-0.39, 0.29) is 23.3 Å². The van der Waals surface area contributed by atoms with Crippen LogP contribution in [0.2, 0.25) is 5.02 Å². The van der Waals surface area contributed by atoms with Crippen LogP contribution in [0, 0.1) is 12.7 Å². The van der Waals surface area contributed by atoms with Gasteiger partial charge >= 0.3 is 0 Å². The van der Waals surface area contributed by atoms with E-state index in [1.165, 1.54) is 12.1 Å².